The number of hydrogen-bond donors (Lipinski definition) is 0. The molecule has 5 aliphatic carbocycles. The molecule has 0 saturated heterocycles. The molecule has 0 heteroatoms. The van der Waals surface area contributed by atoms with Crippen molar-refractivity contribution in [1.82, 2.24) is 0 Å². The van der Waals surface area contributed by atoms with Crippen LogP contribution in [0.25, 0.3) is 0 Å². The van der Waals surface area contributed by atoms with Gasteiger partial charge in [-0.05, 0) is 96.7 Å². The number of fused-ring (bicyclic) bond motifs is 2. The lowest BCUT2D eigenvalue weighted by Gasteiger charge is -2.50. The Kier molecular flexibility index (Phi) is 5.88. The largest absolute Gasteiger partial charge is 0.0622 e. The van der Waals surface area contributed by atoms with E-state index in [4.69, 9.17) is 0 Å². The molecule has 8 unspecified atom stereocenters. The molecule has 0 aromatic carbocycles. The Labute approximate surface area is 182 Å². The number of hydrogen-bond acceptors (Lipinski definition) is 0. The van der Waals surface area contributed by atoms with E-state index < -0.39 is 0 Å². The summed E-state index contributed by atoms with van der Waals surface area (Å²) in [6.07, 6.45) is 21.7. The van der Waals surface area contributed by atoms with Gasteiger partial charge in [-0.3, -0.25) is 0 Å². The van der Waals surface area contributed by atoms with Gasteiger partial charge >= 0.3 is 0 Å². The topological polar surface area (TPSA) is 0 Å². The molecule has 0 heterocycles. The number of rotatable bonds is 3. The first kappa shape index (κ1) is 20.9. The van der Waals surface area contributed by atoms with E-state index in [2.05, 4.69) is 27.7 Å². The van der Waals surface area contributed by atoms with Crippen molar-refractivity contribution in [3.8, 4) is 0 Å². The highest BCUT2D eigenvalue weighted by Gasteiger charge is 2.58. The molecule has 0 aromatic rings. The van der Waals surface area contributed by atoms with E-state index >= 15 is 0 Å². The fourth-order valence-corrected chi connectivity index (χ4v) is 11.1. The monoisotopic (exact) mass is 398 g/mol. The van der Waals surface area contributed by atoms with E-state index in [9.17, 15) is 0 Å². The van der Waals surface area contributed by atoms with Gasteiger partial charge in [-0.2, -0.15) is 0 Å². The molecule has 9 atom stereocenters. The molecule has 5 fully saturated rings. The molecular weight excluding hydrogens is 348 g/mol. The first-order valence-electron chi connectivity index (χ1n) is 14.0. The second kappa shape index (κ2) is 8.16. The predicted molar refractivity (Wildman–Crippen MR) is 125 cm³/mol. The fraction of sp³-hybridized carbons (Fsp3) is 1.00. The maximum atomic E-state index is 2.76. The lowest BCUT2D eigenvalue weighted by molar-refractivity contribution is -0.0166. The average Bonchev–Trinajstić information content (AvgIpc) is 3.24. The van der Waals surface area contributed by atoms with Crippen LogP contribution < -0.4 is 0 Å². The van der Waals surface area contributed by atoms with Crippen molar-refractivity contribution in [2.45, 2.75) is 118 Å². The SMILES string of the molecule is CC1CC2CCCCC2C1C(C)(C)C1C(C)CC2C1CCC[C@@H]2C1CCCCC1. The van der Waals surface area contributed by atoms with Gasteiger partial charge in [0.25, 0.3) is 0 Å². The molecule has 0 bridgehead atoms. The van der Waals surface area contributed by atoms with Crippen LogP contribution in [0.4, 0.5) is 0 Å². The summed E-state index contributed by atoms with van der Waals surface area (Å²) in [6, 6.07) is 0. The van der Waals surface area contributed by atoms with Gasteiger partial charge in [0.2, 0.25) is 0 Å². The molecule has 5 saturated carbocycles. The molecule has 0 amide bonds. The van der Waals surface area contributed by atoms with E-state index in [1.807, 2.05) is 0 Å². The average molecular weight is 399 g/mol. The third-order valence-electron chi connectivity index (χ3n) is 11.6. The summed E-state index contributed by atoms with van der Waals surface area (Å²) in [6.45, 7) is 10.9. The molecule has 29 heavy (non-hydrogen) atoms. The minimum atomic E-state index is 0.559. The zero-order valence-electron chi connectivity index (χ0n) is 20.2. The summed E-state index contributed by atoms with van der Waals surface area (Å²) in [5.41, 5.74) is 0.559. The molecule has 0 spiro atoms. The van der Waals surface area contributed by atoms with Crippen LogP contribution in [0.1, 0.15) is 118 Å². The molecule has 0 N–H and O–H groups in total. The summed E-state index contributed by atoms with van der Waals surface area (Å²) >= 11 is 0. The van der Waals surface area contributed by atoms with E-state index in [1.54, 1.807) is 57.8 Å². The third kappa shape index (κ3) is 3.55. The highest BCUT2D eigenvalue weighted by Crippen LogP contribution is 2.65. The minimum absolute atomic E-state index is 0.559. The molecular formula is C29H50. The molecule has 0 nitrogen and oxygen atoms in total. The third-order valence-corrected chi connectivity index (χ3v) is 11.6. The van der Waals surface area contributed by atoms with Crippen molar-refractivity contribution >= 4 is 0 Å². The Balaban J connectivity index is 1.38. The van der Waals surface area contributed by atoms with Crippen LogP contribution in [-0.2, 0) is 0 Å². The summed E-state index contributed by atoms with van der Waals surface area (Å²) in [7, 11) is 0. The Hall–Kier alpha value is 0. The van der Waals surface area contributed by atoms with Gasteiger partial charge in [0.05, 0.1) is 0 Å². The molecule has 5 aliphatic rings. The standard InChI is InChI=1S/C29H50/c1-19-17-22-13-8-9-14-24(22)27(19)29(3,4)28-20(2)18-26-23(15-10-16-25(26)28)21-11-6-5-7-12-21/h19-28H,5-18H2,1-4H3/t19?,20?,22?,23-,24?,25?,26?,27?,28?/m1/s1. The van der Waals surface area contributed by atoms with Gasteiger partial charge in [0.1, 0.15) is 0 Å². The van der Waals surface area contributed by atoms with E-state index in [0.29, 0.717) is 5.41 Å². The molecule has 5 rings (SSSR count). The second-order valence-corrected chi connectivity index (χ2v) is 13.3. The quantitative estimate of drug-likeness (QED) is 0.445. The Morgan fingerprint density at radius 2 is 1.03 bits per heavy atom. The van der Waals surface area contributed by atoms with Gasteiger partial charge in [0, 0.05) is 0 Å². The van der Waals surface area contributed by atoms with Gasteiger partial charge < -0.3 is 0 Å². The lowest BCUT2D eigenvalue weighted by Crippen LogP contribution is -2.44. The van der Waals surface area contributed by atoms with Crippen molar-refractivity contribution in [3.05, 3.63) is 0 Å². The highest BCUT2D eigenvalue weighted by atomic mass is 14.6. The van der Waals surface area contributed by atoms with E-state index in [1.165, 1.54) is 32.1 Å². The van der Waals surface area contributed by atoms with Crippen molar-refractivity contribution in [2.24, 2.45) is 64.6 Å². The smallest absolute Gasteiger partial charge is 0.0287 e. The molecule has 0 aliphatic heterocycles. The molecule has 166 valence electrons. The lowest BCUT2D eigenvalue weighted by atomic mass is 9.55. The second-order valence-electron chi connectivity index (χ2n) is 13.3. The Bertz CT molecular complexity index is 554. The zero-order chi connectivity index (χ0) is 20.2. The Morgan fingerprint density at radius 3 is 1.83 bits per heavy atom. The van der Waals surface area contributed by atoms with Gasteiger partial charge in [-0.15, -0.1) is 0 Å². The van der Waals surface area contributed by atoms with Gasteiger partial charge in [-0.1, -0.05) is 85.5 Å². The van der Waals surface area contributed by atoms with E-state index in [0.717, 1.165) is 59.2 Å². The van der Waals surface area contributed by atoms with Crippen molar-refractivity contribution in [2.75, 3.05) is 0 Å². The summed E-state index contributed by atoms with van der Waals surface area (Å²) < 4.78 is 0. The predicted octanol–water partition coefficient (Wildman–Crippen LogP) is 8.74. The van der Waals surface area contributed by atoms with Crippen LogP contribution in [-0.4, -0.2) is 0 Å². The van der Waals surface area contributed by atoms with Crippen molar-refractivity contribution < 1.29 is 0 Å². The molecule has 0 radical (unpaired) electrons. The highest BCUT2D eigenvalue weighted by molar-refractivity contribution is 5.06. The van der Waals surface area contributed by atoms with Crippen LogP contribution in [0.3, 0.4) is 0 Å². The first-order valence-corrected chi connectivity index (χ1v) is 14.0. The summed E-state index contributed by atoms with van der Waals surface area (Å²) in [4.78, 5) is 0. The fourth-order valence-electron chi connectivity index (χ4n) is 11.1. The van der Waals surface area contributed by atoms with E-state index in [-0.39, 0.29) is 0 Å². The summed E-state index contributed by atoms with van der Waals surface area (Å²) in [5.74, 6) is 10.5. The normalized spacial score (nSPS) is 49.0. The van der Waals surface area contributed by atoms with Crippen LogP contribution in [0.15, 0.2) is 0 Å². The van der Waals surface area contributed by atoms with Crippen LogP contribution in [0.5, 0.6) is 0 Å². The van der Waals surface area contributed by atoms with Crippen LogP contribution >= 0.6 is 0 Å². The minimum Gasteiger partial charge on any atom is -0.0622 e. The first-order chi connectivity index (χ1) is 14.0. The maximum absolute atomic E-state index is 2.76. The maximum Gasteiger partial charge on any atom is -0.0287 e. The van der Waals surface area contributed by atoms with Crippen LogP contribution in [0, 0.1) is 64.6 Å². The van der Waals surface area contributed by atoms with Crippen molar-refractivity contribution in [1.29, 1.82) is 0 Å². The molecule has 0 aromatic heterocycles. The summed E-state index contributed by atoms with van der Waals surface area (Å²) in [5, 5.41) is 0. The van der Waals surface area contributed by atoms with Crippen molar-refractivity contribution in [3.63, 3.8) is 0 Å². The Morgan fingerprint density at radius 1 is 0.483 bits per heavy atom. The zero-order valence-corrected chi connectivity index (χ0v) is 20.2. The van der Waals surface area contributed by atoms with Gasteiger partial charge in [0.15, 0.2) is 0 Å². The van der Waals surface area contributed by atoms with Crippen LogP contribution in [0.2, 0.25) is 0 Å². The van der Waals surface area contributed by atoms with Gasteiger partial charge in [-0.25, -0.2) is 0 Å².